The molecule has 6 heteroatoms. The van der Waals surface area contributed by atoms with E-state index in [1.54, 1.807) is 9.47 Å². The van der Waals surface area contributed by atoms with Crippen LogP contribution in [-0.2, 0) is 0 Å². The third-order valence-corrected chi connectivity index (χ3v) is 6.59. The Kier molecular flexibility index (Phi) is 3.69. The van der Waals surface area contributed by atoms with Gasteiger partial charge >= 0.3 is 5.69 Å². The van der Waals surface area contributed by atoms with Gasteiger partial charge in [-0.1, -0.05) is 54.1 Å². The number of rotatable bonds is 2. The van der Waals surface area contributed by atoms with Crippen LogP contribution in [0.5, 0.6) is 5.88 Å². The first-order valence-corrected chi connectivity index (χ1v) is 10.5. The molecule has 0 saturated carbocycles. The van der Waals surface area contributed by atoms with Gasteiger partial charge in [-0.2, -0.15) is 0 Å². The minimum absolute atomic E-state index is 0.0628. The maximum absolute atomic E-state index is 13.4. The quantitative estimate of drug-likeness (QED) is 0.543. The van der Waals surface area contributed by atoms with E-state index in [1.807, 2.05) is 73.7 Å². The molecule has 0 radical (unpaired) electrons. The van der Waals surface area contributed by atoms with Crippen LogP contribution >= 0.6 is 0 Å². The Morgan fingerprint density at radius 1 is 1.03 bits per heavy atom. The van der Waals surface area contributed by atoms with Crippen molar-refractivity contribution in [2.75, 3.05) is 6.54 Å². The zero-order valence-electron chi connectivity index (χ0n) is 17.0. The molecule has 6 rings (SSSR count). The van der Waals surface area contributed by atoms with Crippen LogP contribution in [0.4, 0.5) is 0 Å². The van der Waals surface area contributed by atoms with E-state index in [2.05, 4.69) is 0 Å². The molecule has 4 aromatic rings. The first kappa shape index (κ1) is 18.0. The Hall–Kier alpha value is -3.80. The lowest BCUT2D eigenvalue weighted by Gasteiger charge is -2.27. The zero-order valence-corrected chi connectivity index (χ0v) is 17.0. The van der Waals surface area contributed by atoms with Gasteiger partial charge in [0.1, 0.15) is 5.69 Å². The van der Waals surface area contributed by atoms with Gasteiger partial charge < -0.3 is 10.0 Å². The third kappa shape index (κ3) is 2.45. The van der Waals surface area contributed by atoms with Crippen LogP contribution in [-0.4, -0.2) is 31.6 Å². The number of aromatic hydroxyl groups is 1. The minimum Gasteiger partial charge on any atom is -0.493 e. The molecule has 2 bridgehead atoms. The topological polar surface area (TPSA) is 67.5 Å². The number of hydrogen-bond donors (Lipinski definition) is 1. The van der Waals surface area contributed by atoms with Crippen LogP contribution in [0.15, 0.2) is 71.5 Å². The summed E-state index contributed by atoms with van der Waals surface area (Å²) >= 11 is 0. The van der Waals surface area contributed by atoms with E-state index in [4.69, 9.17) is 0 Å². The molecule has 3 heterocycles. The van der Waals surface area contributed by atoms with Crippen LogP contribution in [0.2, 0.25) is 0 Å². The number of amides is 1. The summed E-state index contributed by atoms with van der Waals surface area (Å²) in [6.45, 7) is 2.43. The normalized spacial score (nSPS) is 19.2. The highest BCUT2D eigenvalue weighted by Crippen LogP contribution is 2.49. The summed E-state index contributed by atoms with van der Waals surface area (Å²) < 4.78 is 3.07. The standard InChI is InChI=1S/C25H21N3O3/c1-15-6-4-9-17(12-15)23(29)26-14-18-13-21(26)22-24(30)28(25(31)27(18)22)20-11-5-8-16-7-2-3-10-19(16)20/h2-12,18,21,30H,13-14H2,1H3/t18-,21?/m1/s1. The largest absolute Gasteiger partial charge is 0.493 e. The number of hydrogen-bond acceptors (Lipinski definition) is 3. The number of aryl methyl sites for hydroxylation is 1. The summed E-state index contributed by atoms with van der Waals surface area (Å²) in [5.41, 5.74) is 2.60. The molecule has 0 spiro atoms. The fourth-order valence-electron chi connectivity index (χ4n) is 5.23. The third-order valence-electron chi connectivity index (χ3n) is 6.59. The van der Waals surface area contributed by atoms with Crippen LogP contribution < -0.4 is 5.69 Å². The van der Waals surface area contributed by atoms with Crippen molar-refractivity contribution in [1.82, 2.24) is 14.0 Å². The molecule has 31 heavy (non-hydrogen) atoms. The molecule has 1 unspecified atom stereocenters. The van der Waals surface area contributed by atoms with Crippen molar-refractivity contribution in [2.24, 2.45) is 0 Å². The van der Waals surface area contributed by atoms with Gasteiger partial charge in [-0.25, -0.2) is 9.36 Å². The van der Waals surface area contributed by atoms with Gasteiger partial charge in [0.05, 0.1) is 17.8 Å². The number of nitrogens with zero attached hydrogens (tertiary/aromatic N) is 3. The molecule has 6 nitrogen and oxygen atoms in total. The van der Waals surface area contributed by atoms with Crippen LogP contribution in [0, 0.1) is 6.92 Å². The molecule has 2 aliphatic rings. The van der Waals surface area contributed by atoms with Crippen molar-refractivity contribution in [3.05, 3.63) is 94.0 Å². The summed E-state index contributed by atoms with van der Waals surface area (Å²) in [6.07, 6.45) is 0.659. The van der Waals surface area contributed by atoms with Crippen LogP contribution in [0.3, 0.4) is 0 Å². The van der Waals surface area contributed by atoms with Crippen molar-refractivity contribution in [3.8, 4) is 11.6 Å². The predicted molar refractivity (Wildman–Crippen MR) is 118 cm³/mol. The lowest BCUT2D eigenvalue weighted by atomic mass is 10.1. The van der Waals surface area contributed by atoms with Gasteiger partial charge in [0, 0.05) is 17.5 Å². The maximum Gasteiger partial charge on any atom is 0.336 e. The van der Waals surface area contributed by atoms with Crippen molar-refractivity contribution >= 4 is 16.7 Å². The van der Waals surface area contributed by atoms with Gasteiger partial charge in [-0.15, -0.1) is 0 Å². The highest BCUT2D eigenvalue weighted by molar-refractivity contribution is 5.95. The van der Waals surface area contributed by atoms with Gasteiger partial charge in [0.2, 0.25) is 5.88 Å². The second-order valence-corrected chi connectivity index (χ2v) is 8.43. The second kappa shape index (κ2) is 6.35. The Bertz CT molecular complexity index is 1430. The summed E-state index contributed by atoms with van der Waals surface area (Å²) in [5, 5.41) is 13.1. The molecular weight excluding hydrogens is 390 g/mol. The van der Waals surface area contributed by atoms with E-state index >= 15 is 0 Å². The van der Waals surface area contributed by atoms with E-state index in [0.717, 1.165) is 16.3 Å². The summed E-state index contributed by atoms with van der Waals surface area (Å²) in [6, 6.07) is 20.6. The number of benzene rings is 3. The number of imidazole rings is 1. The number of likely N-dealkylation sites (tertiary alicyclic amines) is 1. The Labute approximate surface area is 178 Å². The van der Waals surface area contributed by atoms with Gasteiger partial charge in [0.25, 0.3) is 5.91 Å². The van der Waals surface area contributed by atoms with Crippen LogP contribution in [0.1, 0.15) is 40.1 Å². The number of carbonyl (C=O) groups is 1. The Morgan fingerprint density at radius 3 is 2.65 bits per heavy atom. The maximum atomic E-state index is 13.4. The second-order valence-electron chi connectivity index (χ2n) is 8.43. The summed E-state index contributed by atoms with van der Waals surface area (Å²) in [4.78, 5) is 28.4. The Morgan fingerprint density at radius 2 is 1.81 bits per heavy atom. The van der Waals surface area contributed by atoms with E-state index in [1.165, 1.54) is 4.57 Å². The summed E-state index contributed by atoms with van der Waals surface area (Å²) in [5.74, 6) is -0.136. The van der Waals surface area contributed by atoms with Crippen molar-refractivity contribution in [3.63, 3.8) is 0 Å². The molecular formula is C25H21N3O3. The first-order valence-electron chi connectivity index (χ1n) is 10.5. The average Bonchev–Trinajstić information content (AvgIpc) is 3.44. The SMILES string of the molecule is Cc1cccc(C(=O)N2C[C@H]3CC2c2c(O)n(-c4cccc5ccccc45)c(=O)n23)c1. The van der Waals surface area contributed by atoms with Crippen molar-refractivity contribution in [1.29, 1.82) is 0 Å². The predicted octanol–water partition coefficient (Wildman–Crippen LogP) is 3.95. The van der Waals surface area contributed by atoms with Gasteiger partial charge in [-0.3, -0.25) is 9.36 Å². The van der Waals surface area contributed by atoms with Crippen molar-refractivity contribution < 1.29 is 9.90 Å². The average molecular weight is 411 g/mol. The molecule has 1 saturated heterocycles. The van der Waals surface area contributed by atoms with Gasteiger partial charge in [0.15, 0.2) is 0 Å². The molecule has 1 fully saturated rings. The number of carbonyl (C=O) groups excluding carboxylic acids is 1. The fraction of sp³-hybridized carbons (Fsp3) is 0.200. The molecule has 154 valence electrons. The molecule has 3 aromatic carbocycles. The monoisotopic (exact) mass is 411 g/mol. The molecule has 0 aliphatic carbocycles. The Balaban J connectivity index is 1.47. The van der Waals surface area contributed by atoms with Crippen molar-refractivity contribution in [2.45, 2.75) is 25.4 Å². The fourth-order valence-corrected chi connectivity index (χ4v) is 5.23. The highest BCUT2D eigenvalue weighted by Gasteiger charge is 2.49. The molecule has 1 aromatic heterocycles. The lowest BCUT2D eigenvalue weighted by molar-refractivity contribution is 0.0711. The molecule has 2 atom stereocenters. The van der Waals surface area contributed by atoms with Crippen LogP contribution in [0.25, 0.3) is 16.5 Å². The van der Waals surface area contributed by atoms with E-state index < -0.39 is 0 Å². The molecule has 1 N–H and O–H groups in total. The number of aromatic nitrogens is 2. The minimum atomic E-state index is -0.304. The number of fused-ring (bicyclic) bond motifs is 6. The molecule has 1 amide bonds. The zero-order chi connectivity index (χ0) is 21.3. The highest BCUT2D eigenvalue weighted by atomic mass is 16.3. The first-order chi connectivity index (χ1) is 15.0. The summed E-state index contributed by atoms with van der Waals surface area (Å²) in [7, 11) is 0. The molecule has 2 aliphatic heterocycles. The lowest BCUT2D eigenvalue weighted by Crippen LogP contribution is -2.37. The van der Waals surface area contributed by atoms with E-state index in [9.17, 15) is 14.7 Å². The smallest absolute Gasteiger partial charge is 0.336 e. The van der Waals surface area contributed by atoms with E-state index in [-0.39, 0.29) is 29.6 Å². The van der Waals surface area contributed by atoms with E-state index in [0.29, 0.717) is 29.9 Å². The van der Waals surface area contributed by atoms with Gasteiger partial charge in [-0.05, 0) is 36.9 Å².